The first-order chi connectivity index (χ1) is 14.7. The van der Waals surface area contributed by atoms with Crippen molar-refractivity contribution in [3.63, 3.8) is 0 Å². The van der Waals surface area contributed by atoms with E-state index in [-0.39, 0.29) is 17.1 Å². The Morgan fingerprint density at radius 2 is 1.84 bits per heavy atom. The van der Waals surface area contributed by atoms with Gasteiger partial charge in [0.1, 0.15) is 0 Å². The summed E-state index contributed by atoms with van der Waals surface area (Å²) in [6.07, 6.45) is 0. The van der Waals surface area contributed by atoms with Gasteiger partial charge in [-0.25, -0.2) is 4.79 Å². The van der Waals surface area contributed by atoms with Crippen molar-refractivity contribution in [1.29, 1.82) is 5.41 Å². The molecule has 0 bridgehead atoms. The zero-order chi connectivity index (χ0) is 22.7. The minimum Gasteiger partial charge on any atom is -0.346 e. The lowest BCUT2D eigenvalue weighted by atomic mass is 10.2. The number of rotatable bonds is 5. The normalized spacial score (nSPS) is 15.2. The zero-order valence-corrected chi connectivity index (χ0v) is 19.6. The predicted molar refractivity (Wildman–Crippen MR) is 130 cm³/mol. The molecule has 0 unspecified atom stereocenters. The molecule has 0 radical (unpaired) electrons. The Balaban J connectivity index is 1.81. The molecule has 9 heteroatoms. The van der Waals surface area contributed by atoms with Gasteiger partial charge in [0.25, 0.3) is 5.91 Å². The Morgan fingerprint density at radius 1 is 1.16 bits per heavy atom. The third-order valence-corrected chi connectivity index (χ3v) is 6.34. The fraction of sp³-hybridized carbons (Fsp3) is 0.227. The number of carbonyl (C=O) groups excluding carboxylic acids is 2. The van der Waals surface area contributed by atoms with Crippen molar-refractivity contribution in [3.05, 3.63) is 64.7 Å². The van der Waals surface area contributed by atoms with Crippen LogP contribution in [0.1, 0.15) is 12.5 Å². The van der Waals surface area contributed by atoms with Crippen LogP contribution in [-0.2, 0) is 11.3 Å². The first-order valence-electron chi connectivity index (χ1n) is 9.57. The predicted octanol–water partition coefficient (Wildman–Crippen LogP) is 4.45. The van der Waals surface area contributed by atoms with Gasteiger partial charge in [0, 0.05) is 37.4 Å². The van der Waals surface area contributed by atoms with Gasteiger partial charge >= 0.3 is 6.03 Å². The number of amidine groups is 1. The minimum atomic E-state index is -0.225. The molecule has 1 saturated heterocycles. The average Bonchev–Trinajstić information content (AvgIpc) is 3.01. The summed E-state index contributed by atoms with van der Waals surface area (Å²) in [5, 5.41) is 11.3. The number of carbonyl (C=O) groups is 2. The summed E-state index contributed by atoms with van der Waals surface area (Å²) in [5.41, 5.74) is 3.13. The third kappa shape index (κ3) is 5.05. The van der Waals surface area contributed by atoms with Crippen molar-refractivity contribution in [2.45, 2.75) is 18.4 Å². The van der Waals surface area contributed by atoms with E-state index in [1.807, 2.05) is 55.3 Å². The van der Waals surface area contributed by atoms with Crippen LogP contribution in [0.15, 0.2) is 64.0 Å². The minimum absolute atomic E-state index is 0.182. The molecule has 2 N–H and O–H groups in total. The summed E-state index contributed by atoms with van der Waals surface area (Å²) in [6.45, 7) is 2.22. The highest BCUT2D eigenvalue weighted by Gasteiger charge is 2.34. The monoisotopic (exact) mass is 455 g/mol. The van der Waals surface area contributed by atoms with Gasteiger partial charge in [0.05, 0.1) is 17.1 Å². The van der Waals surface area contributed by atoms with E-state index in [1.165, 1.54) is 9.80 Å². The summed E-state index contributed by atoms with van der Waals surface area (Å²) >= 11 is 5.73. The molecule has 1 aliphatic rings. The number of benzene rings is 2. The molecule has 0 atom stereocenters. The van der Waals surface area contributed by atoms with E-state index in [1.54, 1.807) is 26.2 Å². The van der Waals surface area contributed by atoms with Crippen molar-refractivity contribution < 1.29 is 9.59 Å². The van der Waals surface area contributed by atoms with Crippen molar-refractivity contribution in [2.75, 3.05) is 31.4 Å². The number of allylic oxidation sites excluding steroid dienone is 1. The van der Waals surface area contributed by atoms with E-state index in [2.05, 4.69) is 17.9 Å². The highest BCUT2D eigenvalue weighted by atomic mass is 32.2. The second-order valence-electron chi connectivity index (χ2n) is 7.29. The van der Waals surface area contributed by atoms with Gasteiger partial charge < -0.3 is 15.1 Å². The quantitative estimate of drug-likeness (QED) is 0.460. The van der Waals surface area contributed by atoms with Gasteiger partial charge in [-0.2, -0.15) is 0 Å². The highest BCUT2D eigenvalue weighted by molar-refractivity contribution is 8.18. The Morgan fingerprint density at radius 3 is 2.45 bits per heavy atom. The lowest BCUT2D eigenvalue weighted by Crippen LogP contribution is -2.29. The molecule has 2 aromatic rings. The van der Waals surface area contributed by atoms with E-state index in [0.717, 1.165) is 28.7 Å². The van der Waals surface area contributed by atoms with Gasteiger partial charge in [-0.3, -0.25) is 15.1 Å². The number of amides is 3. The molecule has 2 aromatic carbocycles. The number of thiol groups is 1. The van der Waals surface area contributed by atoms with E-state index in [9.17, 15) is 9.59 Å². The van der Waals surface area contributed by atoms with Crippen molar-refractivity contribution in [1.82, 2.24) is 9.80 Å². The maximum atomic E-state index is 13.0. The molecule has 1 aliphatic heterocycles. The maximum absolute atomic E-state index is 13.0. The molecule has 3 rings (SSSR count). The lowest BCUT2D eigenvalue weighted by Gasteiger charge is -2.23. The van der Waals surface area contributed by atoms with Crippen LogP contribution in [0, 0.1) is 5.41 Å². The Bertz CT molecular complexity index is 1050. The average molecular weight is 456 g/mol. The van der Waals surface area contributed by atoms with Crippen LogP contribution in [0.4, 0.5) is 16.2 Å². The molecule has 1 fully saturated rings. The van der Waals surface area contributed by atoms with Gasteiger partial charge in [0.15, 0.2) is 5.17 Å². The van der Waals surface area contributed by atoms with Crippen molar-refractivity contribution in [2.24, 2.45) is 0 Å². The van der Waals surface area contributed by atoms with E-state index < -0.39 is 0 Å². The molecule has 31 heavy (non-hydrogen) atoms. The second kappa shape index (κ2) is 9.49. The van der Waals surface area contributed by atoms with Crippen molar-refractivity contribution in [3.8, 4) is 0 Å². The number of thioether (sulfide) groups is 1. The van der Waals surface area contributed by atoms with Crippen LogP contribution in [0.2, 0.25) is 0 Å². The van der Waals surface area contributed by atoms with Crippen LogP contribution in [-0.4, -0.2) is 48.0 Å². The number of urea groups is 1. The van der Waals surface area contributed by atoms with Crippen molar-refractivity contribution >= 4 is 52.9 Å². The SMILES string of the molecule is C/C(=C1\SC(=N)N(Cc2ccccc2)C1=O)N(C)c1ccc(NC(=O)N(C)C)cc1S. The molecule has 1 heterocycles. The largest absolute Gasteiger partial charge is 0.346 e. The van der Waals surface area contributed by atoms with Crippen LogP contribution in [0.25, 0.3) is 0 Å². The number of hydrogen-bond donors (Lipinski definition) is 3. The topological polar surface area (TPSA) is 79.7 Å². The van der Waals surface area contributed by atoms with Gasteiger partial charge in [-0.15, -0.1) is 12.6 Å². The number of anilines is 2. The lowest BCUT2D eigenvalue weighted by molar-refractivity contribution is -0.122. The van der Waals surface area contributed by atoms with Crippen LogP contribution in [0.3, 0.4) is 0 Å². The summed E-state index contributed by atoms with van der Waals surface area (Å²) in [5.74, 6) is -0.182. The van der Waals surface area contributed by atoms with Crippen LogP contribution >= 0.6 is 24.4 Å². The van der Waals surface area contributed by atoms with Gasteiger partial charge in [-0.1, -0.05) is 30.3 Å². The number of nitrogens with one attached hydrogen (secondary N) is 2. The first kappa shape index (κ1) is 22.8. The van der Waals surface area contributed by atoms with E-state index in [0.29, 0.717) is 22.0 Å². The summed E-state index contributed by atoms with van der Waals surface area (Å²) in [6, 6.07) is 14.8. The Hall–Kier alpha value is -2.91. The summed E-state index contributed by atoms with van der Waals surface area (Å²) in [7, 11) is 5.19. The fourth-order valence-electron chi connectivity index (χ4n) is 3.00. The molecule has 7 nitrogen and oxygen atoms in total. The van der Waals surface area contributed by atoms with Crippen LogP contribution < -0.4 is 10.2 Å². The zero-order valence-electron chi connectivity index (χ0n) is 17.8. The molecule has 3 amide bonds. The van der Waals surface area contributed by atoms with Gasteiger partial charge in [0.2, 0.25) is 0 Å². The molecular formula is C22H25N5O2S2. The second-order valence-corrected chi connectivity index (χ2v) is 8.77. The van der Waals surface area contributed by atoms with Gasteiger partial charge in [-0.05, 0) is 42.4 Å². The molecule has 0 saturated carbocycles. The third-order valence-electron chi connectivity index (χ3n) is 4.89. The molecular weight excluding hydrogens is 430 g/mol. The number of nitrogens with zero attached hydrogens (tertiary/aromatic N) is 3. The molecule has 162 valence electrons. The molecule has 0 spiro atoms. The summed E-state index contributed by atoms with van der Waals surface area (Å²) < 4.78 is 0. The molecule has 0 aromatic heterocycles. The van der Waals surface area contributed by atoms with E-state index >= 15 is 0 Å². The number of hydrogen-bond acceptors (Lipinski definition) is 6. The maximum Gasteiger partial charge on any atom is 0.321 e. The Labute approximate surface area is 192 Å². The fourth-order valence-corrected chi connectivity index (χ4v) is 4.30. The Kier molecular flexibility index (Phi) is 6.97. The van der Waals surface area contributed by atoms with E-state index in [4.69, 9.17) is 5.41 Å². The summed E-state index contributed by atoms with van der Waals surface area (Å²) in [4.78, 5) is 30.9. The smallest absolute Gasteiger partial charge is 0.321 e. The van der Waals surface area contributed by atoms with Crippen LogP contribution in [0.5, 0.6) is 0 Å². The highest BCUT2D eigenvalue weighted by Crippen LogP contribution is 2.37. The first-order valence-corrected chi connectivity index (χ1v) is 10.8. The standard InChI is InChI=1S/C22H25N5O2S2/c1-14(19-20(28)27(21(23)31-19)13-15-8-6-5-7-9-15)26(4)17-11-10-16(12-18(17)30)24-22(29)25(2)3/h5-12,23,30H,13H2,1-4H3,(H,24,29)/b19-14+,23-21?. The molecule has 0 aliphatic carbocycles.